The van der Waals surface area contributed by atoms with E-state index in [-0.39, 0.29) is 0 Å². The molecule has 4 aliphatic carbocycles. The number of rotatable bonds is 4. The van der Waals surface area contributed by atoms with E-state index in [1.54, 1.807) is 6.42 Å². The normalized spacial score (nSPS) is 40.2. The van der Waals surface area contributed by atoms with Crippen molar-refractivity contribution in [2.45, 2.75) is 51.5 Å². The van der Waals surface area contributed by atoms with Gasteiger partial charge in [-0.2, -0.15) is 5.10 Å². The Hall–Kier alpha value is -0.830. The number of aromatic nitrogens is 2. The lowest BCUT2D eigenvalue weighted by atomic mass is 9.52. The number of nitrogens with two attached hydrogens (primary N) is 1. The summed E-state index contributed by atoms with van der Waals surface area (Å²) in [5, 5.41) is 4.60. The SMILES string of the molecule is CC(CN)c1cnn(CC2C3CC4CC(C3)CC2C4)c1. The van der Waals surface area contributed by atoms with E-state index >= 15 is 0 Å². The zero-order chi connectivity index (χ0) is 13.7. The summed E-state index contributed by atoms with van der Waals surface area (Å²) < 4.78 is 2.20. The van der Waals surface area contributed by atoms with Crippen LogP contribution in [-0.4, -0.2) is 16.3 Å². The van der Waals surface area contributed by atoms with Gasteiger partial charge in [0.1, 0.15) is 0 Å². The van der Waals surface area contributed by atoms with Gasteiger partial charge in [-0.15, -0.1) is 0 Å². The zero-order valence-electron chi connectivity index (χ0n) is 12.5. The van der Waals surface area contributed by atoms with Gasteiger partial charge in [-0.1, -0.05) is 6.92 Å². The van der Waals surface area contributed by atoms with Gasteiger partial charge in [0.15, 0.2) is 0 Å². The van der Waals surface area contributed by atoms with Gasteiger partial charge >= 0.3 is 0 Å². The van der Waals surface area contributed by atoms with Crippen molar-refractivity contribution in [2.75, 3.05) is 6.54 Å². The Labute approximate surface area is 121 Å². The molecule has 0 radical (unpaired) electrons. The van der Waals surface area contributed by atoms with Crippen LogP contribution in [0.15, 0.2) is 12.4 Å². The molecule has 0 amide bonds. The van der Waals surface area contributed by atoms with Gasteiger partial charge in [-0.3, -0.25) is 4.68 Å². The van der Waals surface area contributed by atoms with Gasteiger partial charge in [0.05, 0.1) is 6.20 Å². The molecule has 0 spiro atoms. The molecule has 4 fully saturated rings. The Morgan fingerprint density at radius 2 is 1.85 bits per heavy atom. The predicted octanol–water partition coefficient (Wildman–Crippen LogP) is 3.02. The molecule has 20 heavy (non-hydrogen) atoms. The number of nitrogens with zero attached hydrogens (tertiary/aromatic N) is 2. The molecule has 2 N–H and O–H groups in total. The minimum atomic E-state index is 0.433. The summed E-state index contributed by atoms with van der Waals surface area (Å²) in [5.74, 6) is 5.45. The molecule has 0 aliphatic heterocycles. The van der Waals surface area contributed by atoms with Crippen LogP contribution in [0.4, 0.5) is 0 Å². The van der Waals surface area contributed by atoms with Crippen molar-refractivity contribution in [1.29, 1.82) is 0 Å². The van der Waals surface area contributed by atoms with Gasteiger partial charge in [0.2, 0.25) is 0 Å². The fourth-order valence-electron chi connectivity index (χ4n) is 5.42. The summed E-state index contributed by atoms with van der Waals surface area (Å²) in [6.07, 6.45) is 11.8. The summed E-state index contributed by atoms with van der Waals surface area (Å²) in [6.45, 7) is 4.04. The molecule has 110 valence electrons. The molecule has 4 saturated carbocycles. The predicted molar refractivity (Wildman–Crippen MR) is 80.2 cm³/mol. The summed E-state index contributed by atoms with van der Waals surface area (Å²) >= 11 is 0. The molecule has 1 atom stereocenters. The lowest BCUT2D eigenvalue weighted by Crippen LogP contribution is -2.46. The molecule has 0 aromatic carbocycles. The van der Waals surface area contributed by atoms with Gasteiger partial charge in [0, 0.05) is 12.7 Å². The molecular weight excluding hydrogens is 246 g/mol. The first kappa shape index (κ1) is 12.9. The topological polar surface area (TPSA) is 43.8 Å². The standard InChI is InChI=1S/C17H27N3/c1-11(7-18)16-8-19-20(9-16)10-17-14-3-12-2-13(5-14)6-15(17)4-12/h8-9,11-15,17H,2-7,10,18H2,1H3. The van der Waals surface area contributed by atoms with E-state index in [9.17, 15) is 0 Å². The highest BCUT2D eigenvalue weighted by molar-refractivity contribution is 5.10. The summed E-state index contributed by atoms with van der Waals surface area (Å²) in [6, 6.07) is 0. The van der Waals surface area contributed by atoms with E-state index in [0.29, 0.717) is 12.5 Å². The second-order valence-electron chi connectivity index (χ2n) is 7.73. The monoisotopic (exact) mass is 273 g/mol. The maximum Gasteiger partial charge on any atom is 0.0524 e. The van der Waals surface area contributed by atoms with Crippen molar-refractivity contribution in [1.82, 2.24) is 9.78 Å². The highest BCUT2D eigenvalue weighted by Gasteiger charge is 2.48. The van der Waals surface area contributed by atoms with Crippen LogP contribution in [0.5, 0.6) is 0 Å². The summed E-state index contributed by atoms with van der Waals surface area (Å²) in [7, 11) is 0. The molecular formula is C17H27N3. The quantitative estimate of drug-likeness (QED) is 0.916. The molecule has 3 nitrogen and oxygen atoms in total. The summed E-state index contributed by atoms with van der Waals surface area (Å²) in [4.78, 5) is 0. The molecule has 1 unspecified atom stereocenters. The first-order valence-corrected chi connectivity index (χ1v) is 8.45. The number of hydrogen-bond acceptors (Lipinski definition) is 2. The molecule has 4 aliphatic rings. The van der Waals surface area contributed by atoms with Crippen molar-refractivity contribution >= 4 is 0 Å². The first-order chi connectivity index (χ1) is 9.72. The lowest BCUT2D eigenvalue weighted by Gasteiger charge is -2.54. The fraction of sp³-hybridized carbons (Fsp3) is 0.824. The molecule has 0 saturated heterocycles. The van der Waals surface area contributed by atoms with Crippen LogP contribution in [0.3, 0.4) is 0 Å². The first-order valence-electron chi connectivity index (χ1n) is 8.45. The van der Waals surface area contributed by atoms with Crippen molar-refractivity contribution in [3.05, 3.63) is 18.0 Å². The van der Waals surface area contributed by atoms with Crippen LogP contribution in [0.1, 0.15) is 50.5 Å². The minimum absolute atomic E-state index is 0.433. The van der Waals surface area contributed by atoms with Crippen molar-refractivity contribution in [3.63, 3.8) is 0 Å². The van der Waals surface area contributed by atoms with Crippen molar-refractivity contribution in [2.24, 2.45) is 35.3 Å². The van der Waals surface area contributed by atoms with Crippen LogP contribution in [0.25, 0.3) is 0 Å². The Bertz CT molecular complexity index is 450. The van der Waals surface area contributed by atoms with E-state index in [1.807, 2.05) is 6.20 Å². The smallest absolute Gasteiger partial charge is 0.0524 e. The van der Waals surface area contributed by atoms with E-state index in [1.165, 1.54) is 31.2 Å². The van der Waals surface area contributed by atoms with Crippen LogP contribution in [0, 0.1) is 29.6 Å². The van der Waals surface area contributed by atoms with Crippen LogP contribution in [-0.2, 0) is 6.54 Å². The van der Waals surface area contributed by atoms with E-state index in [4.69, 9.17) is 5.73 Å². The zero-order valence-corrected chi connectivity index (χ0v) is 12.5. The van der Waals surface area contributed by atoms with Gasteiger partial charge in [0.25, 0.3) is 0 Å². The van der Waals surface area contributed by atoms with Crippen LogP contribution < -0.4 is 5.73 Å². The van der Waals surface area contributed by atoms with Gasteiger partial charge in [-0.05, 0) is 79.7 Å². The van der Waals surface area contributed by atoms with Crippen LogP contribution >= 0.6 is 0 Å². The Kier molecular flexibility index (Phi) is 3.13. The summed E-state index contributed by atoms with van der Waals surface area (Å²) in [5.41, 5.74) is 7.06. The molecule has 1 heterocycles. The minimum Gasteiger partial charge on any atom is -0.330 e. The third-order valence-electron chi connectivity index (χ3n) is 6.40. The molecule has 1 aromatic rings. The Balaban J connectivity index is 1.48. The average Bonchev–Trinajstić information content (AvgIpc) is 2.90. The second kappa shape index (κ2) is 4.87. The van der Waals surface area contributed by atoms with E-state index < -0.39 is 0 Å². The lowest BCUT2D eigenvalue weighted by molar-refractivity contribution is -0.0442. The number of hydrogen-bond donors (Lipinski definition) is 1. The molecule has 4 bridgehead atoms. The molecule has 5 rings (SSSR count). The van der Waals surface area contributed by atoms with Crippen molar-refractivity contribution < 1.29 is 0 Å². The highest BCUT2D eigenvalue weighted by atomic mass is 15.3. The Morgan fingerprint density at radius 1 is 1.20 bits per heavy atom. The Morgan fingerprint density at radius 3 is 2.45 bits per heavy atom. The van der Waals surface area contributed by atoms with Gasteiger partial charge in [-0.25, -0.2) is 0 Å². The second-order valence-corrected chi connectivity index (χ2v) is 7.73. The van der Waals surface area contributed by atoms with E-state index in [0.717, 1.165) is 36.1 Å². The van der Waals surface area contributed by atoms with E-state index in [2.05, 4.69) is 22.9 Å². The third kappa shape index (κ3) is 2.11. The third-order valence-corrected chi connectivity index (χ3v) is 6.40. The highest BCUT2D eigenvalue weighted by Crippen LogP contribution is 2.56. The van der Waals surface area contributed by atoms with Gasteiger partial charge < -0.3 is 5.73 Å². The molecule has 3 heteroatoms. The average molecular weight is 273 g/mol. The maximum absolute atomic E-state index is 5.76. The molecule has 1 aromatic heterocycles. The fourth-order valence-corrected chi connectivity index (χ4v) is 5.42. The maximum atomic E-state index is 5.76. The van der Waals surface area contributed by atoms with Crippen molar-refractivity contribution in [3.8, 4) is 0 Å². The largest absolute Gasteiger partial charge is 0.330 e. The van der Waals surface area contributed by atoms with Crippen LogP contribution in [0.2, 0.25) is 0 Å².